The predicted molar refractivity (Wildman–Crippen MR) is 91.2 cm³/mol. The van der Waals surface area contributed by atoms with Crippen LogP contribution in [0.2, 0.25) is 0 Å². The monoisotopic (exact) mass is 315 g/mol. The molecule has 4 aliphatic rings. The number of hydrogen-bond acceptors (Lipinski definition) is 2. The number of anilines is 1. The Morgan fingerprint density at radius 1 is 0.833 bits per heavy atom. The number of hydrogen-bond donors (Lipinski definition) is 0. The van der Waals surface area contributed by atoms with E-state index in [0.29, 0.717) is 0 Å². The average molecular weight is 315 g/mol. The van der Waals surface area contributed by atoms with E-state index in [4.69, 9.17) is 0 Å². The summed E-state index contributed by atoms with van der Waals surface area (Å²) in [5.41, 5.74) is 1.01. The molecule has 0 radical (unpaired) electrons. The number of carbonyl (C=O) groups is 2. The lowest BCUT2D eigenvalue weighted by Gasteiger charge is -2.22. The largest absolute Gasteiger partial charge is 0.274 e. The van der Waals surface area contributed by atoms with Gasteiger partial charge in [-0.3, -0.25) is 9.59 Å². The maximum absolute atomic E-state index is 13.2. The van der Waals surface area contributed by atoms with E-state index in [1.165, 1.54) is 17.7 Å². The second-order valence-corrected chi connectivity index (χ2v) is 7.73. The minimum absolute atomic E-state index is 0.0180. The van der Waals surface area contributed by atoms with Crippen LogP contribution in [-0.2, 0) is 9.59 Å². The van der Waals surface area contributed by atoms with Crippen molar-refractivity contribution < 1.29 is 9.59 Å². The molecule has 6 rings (SSSR count). The fourth-order valence-electron chi connectivity index (χ4n) is 5.72. The smallest absolute Gasteiger partial charge is 0.238 e. The van der Waals surface area contributed by atoms with E-state index in [1.807, 2.05) is 42.5 Å². The highest BCUT2D eigenvalue weighted by Crippen LogP contribution is 2.73. The van der Waals surface area contributed by atoms with E-state index >= 15 is 0 Å². The molecule has 24 heavy (non-hydrogen) atoms. The SMILES string of the molecule is O=C1[C@@H]2[C@H](C(=O)N1c1cccc3ccccc13)[C@H]1C=C[C@@H]2C12CC2. The van der Waals surface area contributed by atoms with Crippen LogP contribution in [0.4, 0.5) is 5.69 Å². The van der Waals surface area contributed by atoms with Gasteiger partial charge in [-0.2, -0.15) is 0 Å². The standard InChI is InChI=1S/C21H17NO2/c23-19-17-14-8-9-15(21(14)10-11-21)18(17)20(24)22(19)16-7-3-5-12-4-1-2-6-13(12)16/h1-9,14-15,17-18H,10-11H2/t14-,15+,17-,18+. The van der Waals surface area contributed by atoms with E-state index in [-0.39, 0.29) is 40.9 Å². The molecule has 2 aromatic carbocycles. The molecule has 2 amide bonds. The summed E-state index contributed by atoms with van der Waals surface area (Å²) in [5.74, 6) is 0.338. The second-order valence-electron chi connectivity index (χ2n) is 7.73. The van der Waals surface area contributed by atoms with Crippen LogP contribution in [0.15, 0.2) is 54.6 Å². The summed E-state index contributed by atoms with van der Waals surface area (Å²) in [5, 5.41) is 2.04. The van der Waals surface area contributed by atoms with E-state index in [1.54, 1.807) is 0 Å². The number of nitrogens with zero attached hydrogens (tertiary/aromatic N) is 1. The van der Waals surface area contributed by atoms with Crippen molar-refractivity contribution >= 4 is 28.3 Å². The van der Waals surface area contributed by atoms with Gasteiger partial charge in [-0.15, -0.1) is 0 Å². The lowest BCUT2D eigenvalue weighted by molar-refractivity contribution is -0.123. The minimum Gasteiger partial charge on any atom is -0.274 e. The summed E-state index contributed by atoms with van der Waals surface area (Å²) in [6.45, 7) is 0. The number of allylic oxidation sites excluding steroid dienone is 2. The van der Waals surface area contributed by atoms with Crippen molar-refractivity contribution in [1.82, 2.24) is 0 Å². The molecule has 3 aliphatic carbocycles. The van der Waals surface area contributed by atoms with Gasteiger partial charge >= 0.3 is 0 Å². The van der Waals surface area contributed by atoms with E-state index < -0.39 is 0 Å². The Bertz CT molecular complexity index is 916. The highest BCUT2D eigenvalue weighted by Gasteiger charge is 2.73. The van der Waals surface area contributed by atoms with Crippen LogP contribution in [0.3, 0.4) is 0 Å². The van der Waals surface area contributed by atoms with Crippen LogP contribution in [0, 0.1) is 29.1 Å². The third kappa shape index (κ3) is 1.28. The van der Waals surface area contributed by atoms with Crippen LogP contribution in [0.5, 0.6) is 0 Å². The van der Waals surface area contributed by atoms with Gasteiger partial charge < -0.3 is 0 Å². The molecular weight excluding hydrogens is 298 g/mol. The molecule has 3 nitrogen and oxygen atoms in total. The third-order valence-corrected chi connectivity index (χ3v) is 6.86. The maximum atomic E-state index is 13.2. The first-order valence-electron chi connectivity index (χ1n) is 8.76. The zero-order valence-electron chi connectivity index (χ0n) is 13.2. The number of rotatable bonds is 1. The number of carbonyl (C=O) groups excluding carboxylic acids is 2. The van der Waals surface area contributed by atoms with Crippen molar-refractivity contribution in [2.75, 3.05) is 4.90 Å². The molecule has 1 heterocycles. The minimum atomic E-state index is -0.131. The van der Waals surface area contributed by atoms with Crippen molar-refractivity contribution in [3.63, 3.8) is 0 Å². The molecule has 1 spiro atoms. The average Bonchev–Trinajstić information content (AvgIpc) is 3.20. The van der Waals surface area contributed by atoms with Crippen molar-refractivity contribution in [2.24, 2.45) is 29.1 Å². The predicted octanol–water partition coefficient (Wildman–Crippen LogP) is 3.54. The number of amides is 2. The van der Waals surface area contributed by atoms with Crippen LogP contribution < -0.4 is 4.90 Å². The van der Waals surface area contributed by atoms with Gasteiger partial charge in [0.2, 0.25) is 11.8 Å². The number of imide groups is 1. The third-order valence-electron chi connectivity index (χ3n) is 6.86. The topological polar surface area (TPSA) is 37.4 Å². The maximum Gasteiger partial charge on any atom is 0.238 e. The summed E-state index contributed by atoms with van der Waals surface area (Å²) in [6.07, 6.45) is 6.79. The van der Waals surface area contributed by atoms with E-state index in [2.05, 4.69) is 12.2 Å². The molecule has 0 N–H and O–H groups in total. The Hall–Kier alpha value is -2.42. The molecule has 2 bridgehead atoms. The molecule has 0 aromatic heterocycles. The summed E-state index contributed by atoms with van der Waals surface area (Å²) in [6, 6.07) is 13.8. The van der Waals surface area contributed by atoms with Crippen molar-refractivity contribution in [1.29, 1.82) is 0 Å². The van der Waals surface area contributed by atoms with Gasteiger partial charge in [-0.25, -0.2) is 4.90 Å². The molecule has 2 saturated carbocycles. The molecule has 0 unspecified atom stereocenters. The van der Waals surface area contributed by atoms with Crippen LogP contribution in [0.25, 0.3) is 10.8 Å². The van der Waals surface area contributed by atoms with Crippen molar-refractivity contribution in [3.05, 3.63) is 54.6 Å². The number of benzene rings is 2. The first-order valence-corrected chi connectivity index (χ1v) is 8.76. The Kier molecular flexibility index (Phi) is 2.14. The summed E-state index contributed by atoms with van der Waals surface area (Å²) < 4.78 is 0. The van der Waals surface area contributed by atoms with E-state index in [9.17, 15) is 9.59 Å². The highest BCUT2D eigenvalue weighted by atomic mass is 16.2. The molecule has 2 aromatic rings. The zero-order chi connectivity index (χ0) is 16.1. The van der Waals surface area contributed by atoms with Crippen LogP contribution in [0.1, 0.15) is 12.8 Å². The quantitative estimate of drug-likeness (QED) is 0.596. The number of fused-ring (bicyclic) bond motifs is 4. The van der Waals surface area contributed by atoms with Gasteiger partial charge in [0.15, 0.2) is 0 Å². The van der Waals surface area contributed by atoms with E-state index in [0.717, 1.165) is 16.5 Å². The second kappa shape index (κ2) is 3.97. The van der Waals surface area contributed by atoms with Gasteiger partial charge in [0.05, 0.1) is 17.5 Å². The summed E-state index contributed by atoms with van der Waals surface area (Å²) >= 11 is 0. The van der Waals surface area contributed by atoms with Crippen molar-refractivity contribution in [3.8, 4) is 0 Å². The summed E-state index contributed by atoms with van der Waals surface area (Å²) in [4.78, 5) is 27.9. The first-order chi connectivity index (χ1) is 11.7. The van der Waals surface area contributed by atoms with Crippen LogP contribution in [-0.4, -0.2) is 11.8 Å². The Morgan fingerprint density at radius 3 is 2.12 bits per heavy atom. The highest BCUT2D eigenvalue weighted by molar-refractivity contribution is 6.25. The molecule has 118 valence electrons. The summed E-state index contributed by atoms with van der Waals surface area (Å²) in [7, 11) is 0. The lowest BCUT2D eigenvalue weighted by Crippen LogP contribution is -2.34. The first kappa shape index (κ1) is 12.9. The fraction of sp³-hybridized carbons (Fsp3) is 0.333. The van der Waals surface area contributed by atoms with Gasteiger partial charge in [-0.05, 0) is 41.5 Å². The van der Waals surface area contributed by atoms with Gasteiger partial charge in [0.1, 0.15) is 0 Å². The van der Waals surface area contributed by atoms with Gasteiger partial charge in [0.25, 0.3) is 0 Å². The molecule has 1 saturated heterocycles. The molecule has 3 fully saturated rings. The van der Waals surface area contributed by atoms with Crippen LogP contribution >= 0.6 is 0 Å². The normalized spacial score (nSPS) is 34.6. The van der Waals surface area contributed by atoms with Gasteiger partial charge in [0, 0.05) is 5.39 Å². The molecule has 3 heteroatoms. The van der Waals surface area contributed by atoms with Gasteiger partial charge in [-0.1, -0.05) is 48.6 Å². The Balaban J connectivity index is 1.50. The molecule has 1 aliphatic heterocycles. The molecule has 4 atom stereocenters. The Morgan fingerprint density at radius 2 is 1.46 bits per heavy atom. The molecular formula is C21H17NO2. The zero-order valence-corrected chi connectivity index (χ0v) is 13.2. The Labute approximate surface area is 139 Å². The van der Waals surface area contributed by atoms with Crippen molar-refractivity contribution in [2.45, 2.75) is 12.8 Å². The lowest BCUT2D eigenvalue weighted by atomic mass is 9.85. The fourth-order valence-corrected chi connectivity index (χ4v) is 5.72.